The number of anilines is 1. The minimum Gasteiger partial charge on any atom is -0.396 e. The summed E-state index contributed by atoms with van der Waals surface area (Å²) in [5.74, 6) is -0.0619. The molecule has 0 saturated heterocycles. The van der Waals surface area contributed by atoms with E-state index >= 15 is 0 Å². The second-order valence-corrected chi connectivity index (χ2v) is 7.25. The Morgan fingerprint density at radius 3 is 2.24 bits per heavy atom. The Morgan fingerprint density at radius 1 is 0.862 bits per heavy atom. The standard InChI is InChI=1S/C25H25NO3/c27-17-9-16-23-25(28)26(18-19-10-3-1-4-11-19)22-15-8-7-14-21(22)24(29-23)20-12-5-2-6-13-20/h1-8,10-15,23-24,27H,9,16-18H2/t23-,24-/m0/s1. The number of hydrogen-bond donors (Lipinski definition) is 1. The minimum absolute atomic E-state index is 0.0365. The lowest BCUT2D eigenvalue weighted by molar-refractivity contribution is -0.132. The van der Waals surface area contributed by atoms with Gasteiger partial charge in [0.05, 0.1) is 12.2 Å². The lowest BCUT2D eigenvalue weighted by atomic mass is 9.99. The molecule has 0 radical (unpaired) electrons. The molecule has 0 spiro atoms. The third kappa shape index (κ3) is 4.24. The summed E-state index contributed by atoms with van der Waals surface area (Å²) in [6.45, 7) is 0.520. The first-order chi connectivity index (χ1) is 14.3. The summed E-state index contributed by atoms with van der Waals surface area (Å²) in [7, 11) is 0. The Kier molecular flexibility index (Phi) is 6.03. The van der Waals surface area contributed by atoms with Gasteiger partial charge >= 0.3 is 0 Å². The molecule has 0 unspecified atom stereocenters. The van der Waals surface area contributed by atoms with Gasteiger partial charge in [0.25, 0.3) is 5.91 Å². The van der Waals surface area contributed by atoms with Crippen molar-refractivity contribution in [1.29, 1.82) is 0 Å². The lowest BCUT2D eigenvalue weighted by Gasteiger charge is -2.25. The van der Waals surface area contributed by atoms with Crippen molar-refractivity contribution in [3.8, 4) is 0 Å². The van der Waals surface area contributed by atoms with Crippen LogP contribution in [0.25, 0.3) is 0 Å². The van der Waals surface area contributed by atoms with Crippen LogP contribution >= 0.6 is 0 Å². The number of amides is 1. The van der Waals surface area contributed by atoms with Crippen molar-refractivity contribution in [3.05, 3.63) is 102 Å². The molecule has 4 heteroatoms. The van der Waals surface area contributed by atoms with Crippen molar-refractivity contribution in [3.63, 3.8) is 0 Å². The predicted octanol–water partition coefficient (Wildman–Crippen LogP) is 4.48. The van der Waals surface area contributed by atoms with E-state index in [0.717, 1.165) is 22.4 Å². The van der Waals surface area contributed by atoms with E-state index in [-0.39, 0.29) is 18.6 Å². The fourth-order valence-electron chi connectivity index (χ4n) is 3.83. The molecular formula is C25H25NO3. The average molecular weight is 387 g/mol. The van der Waals surface area contributed by atoms with Crippen LogP contribution in [0.15, 0.2) is 84.9 Å². The fourth-order valence-corrected chi connectivity index (χ4v) is 3.83. The molecule has 0 fully saturated rings. The van der Waals surface area contributed by atoms with Crippen LogP contribution in [-0.2, 0) is 16.1 Å². The molecule has 148 valence electrons. The highest BCUT2D eigenvalue weighted by molar-refractivity contribution is 5.98. The molecular weight excluding hydrogens is 362 g/mol. The second-order valence-electron chi connectivity index (χ2n) is 7.25. The Bertz CT molecular complexity index is 943. The van der Waals surface area contributed by atoms with Gasteiger partial charge in [0.1, 0.15) is 12.2 Å². The third-order valence-electron chi connectivity index (χ3n) is 5.26. The zero-order valence-corrected chi connectivity index (χ0v) is 16.3. The number of aliphatic hydroxyl groups excluding tert-OH is 1. The van der Waals surface area contributed by atoms with Gasteiger partial charge in [-0.05, 0) is 30.0 Å². The van der Waals surface area contributed by atoms with Crippen LogP contribution < -0.4 is 4.90 Å². The summed E-state index contributed by atoms with van der Waals surface area (Å²) >= 11 is 0. The van der Waals surface area contributed by atoms with E-state index in [0.29, 0.717) is 19.4 Å². The number of carbonyl (C=O) groups is 1. The summed E-state index contributed by atoms with van der Waals surface area (Å²) < 4.78 is 6.40. The van der Waals surface area contributed by atoms with Crippen LogP contribution in [0.3, 0.4) is 0 Å². The van der Waals surface area contributed by atoms with Gasteiger partial charge in [0, 0.05) is 12.2 Å². The highest BCUT2D eigenvalue weighted by Gasteiger charge is 2.35. The van der Waals surface area contributed by atoms with Crippen molar-refractivity contribution >= 4 is 11.6 Å². The molecule has 2 atom stereocenters. The van der Waals surface area contributed by atoms with Gasteiger partial charge in [0.15, 0.2) is 0 Å². The van der Waals surface area contributed by atoms with E-state index in [2.05, 4.69) is 0 Å². The molecule has 0 saturated carbocycles. The number of benzene rings is 3. The molecule has 3 aromatic carbocycles. The maximum absolute atomic E-state index is 13.5. The predicted molar refractivity (Wildman–Crippen MR) is 114 cm³/mol. The van der Waals surface area contributed by atoms with Gasteiger partial charge in [0.2, 0.25) is 0 Å². The van der Waals surface area contributed by atoms with E-state index in [1.54, 1.807) is 0 Å². The molecule has 1 aliphatic rings. The van der Waals surface area contributed by atoms with E-state index < -0.39 is 6.10 Å². The number of ether oxygens (including phenoxy) is 1. The molecule has 3 aromatic rings. The molecule has 1 amide bonds. The molecule has 29 heavy (non-hydrogen) atoms. The second kappa shape index (κ2) is 9.03. The number of rotatable bonds is 6. The highest BCUT2D eigenvalue weighted by atomic mass is 16.5. The molecule has 4 rings (SSSR count). The summed E-state index contributed by atoms with van der Waals surface area (Å²) in [5.41, 5.74) is 3.94. The normalized spacial score (nSPS) is 18.9. The van der Waals surface area contributed by atoms with Crippen LogP contribution in [0.5, 0.6) is 0 Å². The van der Waals surface area contributed by atoms with Gasteiger partial charge in [-0.1, -0.05) is 78.9 Å². The van der Waals surface area contributed by atoms with Gasteiger partial charge in [-0.15, -0.1) is 0 Å². The summed E-state index contributed by atoms with van der Waals surface area (Å²) in [6.07, 6.45) is 0.0649. The van der Waals surface area contributed by atoms with Crippen molar-refractivity contribution in [2.75, 3.05) is 11.5 Å². The Morgan fingerprint density at radius 2 is 1.52 bits per heavy atom. The number of fused-ring (bicyclic) bond motifs is 1. The van der Waals surface area contributed by atoms with E-state index in [4.69, 9.17) is 4.74 Å². The van der Waals surface area contributed by atoms with E-state index in [1.807, 2.05) is 89.8 Å². The molecule has 4 nitrogen and oxygen atoms in total. The van der Waals surface area contributed by atoms with E-state index in [1.165, 1.54) is 0 Å². The van der Waals surface area contributed by atoms with Crippen LogP contribution in [-0.4, -0.2) is 23.7 Å². The summed E-state index contributed by atoms with van der Waals surface area (Å²) in [5, 5.41) is 9.33. The SMILES string of the molecule is O=C1[C@H](CCCO)O[C@@H](c2ccccc2)c2ccccc2N1Cc1ccccc1. The quantitative estimate of drug-likeness (QED) is 0.678. The maximum atomic E-state index is 13.5. The molecule has 0 aromatic heterocycles. The van der Waals surface area contributed by atoms with Gasteiger partial charge in [-0.2, -0.15) is 0 Å². The topological polar surface area (TPSA) is 49.8 Å². The van der Waals surface area contributed by atoms with Crippen molar-refractivity contribution < 1.29 is 14.6 Å². The zero-order chi connectivity index (χ0) is 20.1. The number of aliphatic hydroxyl groups is 1. The zero-order valence-electron chi connectivity index (χ0n) is 16.3. The number of para-hydroxylation sites is 1. The van der Waals surface area contributed by atoms with E-state index in [9.17, 15) is 9.90 Å². The smallest absolute Gasteiger partial charge is 0.256 e. The third-order valence-corrected chi connectivity index (χ3v) is 5.26. The molecule has 1 heterocycles. The Labute approximate surface area is 171 Å². The number of nitrogens with zero attached hydrogens (tertiary/aromatic N) is 1. The van der Waals surface area contributed by atoms with Gasteiger partial charge in [-0.25, -0.2) is 0 Å². The fraction of sp³-hybridized carbons (Fsp3) is 0.240. The first-order valence-electron chi connectivity index (χ1n) is 10.0. The molecule has 1 N–H and O–H groups in total. The van der Waals surface area contributed by atoms with Crippen LogP contribution in [0, 0.1) is 0 Å². The Balaban J connectivity index is 1.79. The van der Waals surface area contributed by atoms with Crippen LogP contribution in [0.4, 0.5) is 5.69 Å². The van der Waals surface area contributed by atoms with Crippen LogP contribution in [0.2, 0.25) is 0 Å². The maximum Gasteiger partial charge on any atom is 0.256 e. The lowest BCUT2D eigenvalue weighted by Crippen LogP contribution is -2.39. The van der Waals surface area contributed by atoms with Crippen molar-refractivity contribution in [1.82, 2.24) is 0 Å². The largest absolute Gasteiger partial charge is 0.396 e. The molecule has 1 aliphatic heterocycles. The van der Waals surface area contributed by atoms with Gasteiger partial charge in [-0.3, -0.25) is 4.79 Å². The monoisotopic (exact) mass is 387 g/mol. The van der Waals surface area contributed by atoms with Gasteiger partial charge < -0.3 is 14.7 Å². The molecule has 0 aliphatic carbocycles. The van der Waals surface area contributed by atoms with Crippen LogP contribution in [0.1, 0.15) is 35.6 Å². The summed E-state index contributed by atoms with van der Waals surface area (Å²) in [4.78, 5) is 15.3. The number of carbonyl (C=O) groups excluding carboxylic acids is 1. The first kappa shape index (κ1) is 19.4. The van der Waals surface area contributed by atoms with Crippen molar-refractivity contribution in [2.45, 2.75) is 31.6 Å². The number of hydrogen-bond acceptors (Lipinski definition) is 3. The molecule has 0 bridgehead atoms. The Hall–Kier alpha value is -2.95. The first-order valence-corrected chi connectivity index (χ1v) is 10.0. The minimum atomic E-state index is -0.608. The summed E-state index contributed by atoms with van der Waals surface area (Å²) in [6, 6.07) is 28.0. The van der Waals surface area contributed by atoms with Crippen molar-refractivity contribution in [2.24, 2.45) is 0 Å². The average Bonchev–Trinajstić information content (AvgIpc) is 2.89. The highest BCUT2D eigenvalue weighted by Crippen LogP contribution is 2.39.